The number of nitrogens with zero attached hydrogens (tertiary/aromatic N) is 1. The fourth-order valence-electron chi connectivity index (χ4n) is 7.94. The molecule has 1 unspecified atom stereocenters. The minimum Gasteiger partial charge on any atom is -0.462 e. The maximum absolute atomic E-state index is 13.5. The van der Waals surface area contributed by atoms with E-state index >= 15 is 0 Å². The Kier molecular flexibility index (Phi) is 45.2. The monoisotopic (exact) mass is 1020 g/mol. The molecule has 1 saturated heterocycles. The molecular formula is C63H101NO9. The van der Waals surface area contributed by atoms with E-state index in [1.54, 1.807) is 19.0 Å². The van der Waals surface area contributed by atoms with Crippen LogP contribution < -0.4 is 0 Å². The van der Waals surface area contributed by atoms with Crippen LogP contribution in [-0.4, -0.2) is 80.6 Å². The van der Waals surface area contributed by atoms with E-state index < -0.39 is 48.5 Å². The number of unbranched alkanes of at least 4 members (excludes halogenated alkanes) is 15. The van der Waals surface area contributed by atoms with Gasteiger partial charge in [0.2, 0.25) is 12.4 Å². The Hall–Kier alpha value is -4.54. The van der Waals surface area contributed by atoms with Crippen LogP contribution in [-0.2, 0) is 42.9 Å². The molecule has 73 heavy (non-hydrogen) atoms. The summed E-state index contributed by atoms with van der Waals surface area (Å²) >= 11 is 0. The van der Waals surface area contributed by atoms with Crippen molar-refractivity contribution in [1.82, 2.24) is 4.90 Å². The molecule has 4 atom stereocenters. The Morgan fingerprint density at radius 2 is 0.699 bits per heavy atom. The molecule has 1 heterocycles. The van der Waals surface area contributed by atoms with Crippen molar-refractivity contribution in [3.05, 3.63) is 109 Å². The summed E-state index contributed by atoms with van der Waals surface area (Å²) in [5, 5.41) is 0. The first-order valence-electron chi connectivity index (χ1n) is 28.6. The van der Waals surface area contributed by atoms with E-state index in [9.17, 15) is 19.2 Å². The molecule has 0 bridgehead atoms. The largest absolute Gasteiger partial charge is 0.462 e. The van der Waals surface area contributed by atoms with E-state index in [0.29, 0.717) is 19.3 Å². The van der Waals surface area contributed by atoms with Gasteiger partial charge in [-0.05, 0) is 130 Å². The lowest BCUT2D eigenvalue weighted by molar-refractivity contribution is -0.200. The van der Waals surface area contributed by atoms with Crippen molar-refractivity contribution in [2.75, 3.05) is 27.2 Å². The highest BCUT2D eigenvalue weighted by Crippen LogP contribution is 2.30. The van der Waals surface area contributed by atoms with Crippen LogP contribution in [0.25, 0.3) is 0 Å². The molecule has 0 spiro atoms. The van der Waals surface area contributed by atoms with E-state index in [1.165, 1.54) is 0 Å². The highest BCUT2D eigenvalue weighted by molar-refractivity contribution is 5.72. The van der Waals surface area contributed by atoms with Crippen LogP contribution in [0, 0.1) is 0 Å². The predicted molar refractivity (Wildman–Crippen MR) is 302 cm³/mol. The molecule has 0 N–H and O–H groups in total. The first-order valence-corrected chi connectivity index (χ1v) is 28.6. The van der Waals surface area contributed by atoms with E-state index in [0.717, 1.165) is 154 Å². The molecule has 1 rings (SSSR count). The molecule has 0 aromatic rings. The number of ether oxygens (including phenoxy) is 5. The van der Waals surface area contributed by atoms with Gasteiger partial charge < -0.3 is 23.7 Å². The predicted octanol–water partition coefficient (Wildman–Crippen LogP) is 16.0. The molecule has 0 amide bonds. The lowest BCUT2D eigenvalue weighted by Gasteiger charge is -2.24. The number of allylic oxidation sites excluding steroid dienone is 18. The summed E-state index contributed by atoms with van der Waals surface area (Å²) in [6.45, 7) is 6.19. The Bertz CT molecular complexity index is 1670. The number of carbonyl (C=O) groups excluding carboxylic acids is 4. The van der Waals surface area contributed by atoms with Gasteiger partial charge in [-0.25, -0.2) is 0 Å². The van der Waals surface area contributed by atoms with Crippen LogP contribution in [0.4, 0.5) is 0 Å². The molecule has 412 valence electrons. The standard InChI is InChI=1S/C63H101NO9/c1-6-9-12-15-18-21-24-27-30-33-36-39-42-45-48-51-57(65)71-61-56(55-69-60(68)54-64(4)5)70-63(73-59(67)53-50-47-44-41-38-35-32-29-26-23-20-17-14-11-8-3)62(61)72-58(66)52-49-46-43-40-37-34-31-28-25-22-19-16-13-10-7-2/h9-14,18-23,27-32,56,61-63H,6-8,15-17,24-26,33-55H2,1-5H3/b12-9-,13-10-,14-11-,21-18-,22-19-,23-20-,30-27-,31-28-,32-29-/t56-,61?,62+,63+/m1/s1. The lowest BCUT2D eigenvalue weighted by atomic mass is 10.1. The second-order valence-corrected chi connectivity index (χ2v) is 19.2. The number of esters is 4. The van der Waals surface area contributed by atoms with Gasteiger partial charge in [-0.1, -0.05) is 188 Å². The normalized spacial score (nSPS) is 17.6. The smallest absolute Gasteiger partial charge is 0.320 e. The van der Waals surface area contributed by atoms with Crippen LogP contribution >= 0.6 is 0 Å². The lowest BCUT2D eigenvalue weighted by Crippen LogP contribution is -2.43. The van der Waals surface area contributed by atoms with Gasteiger partial charge in [0.1, 0.15) is 12.7 Å². The number of carbonyl (C=O) groups is 4. The van der Waals surface area contributed by atoms with Crippen molar-refractivity contribution in [3.63, 3.8) is 0 Å². The second-order valence-electron chi connectivity index (χ2n) is 19.2. The summed E-state index contributed by atoms with van der Waals surface area (Å²) in [4.78, 5) is 54.5. The van der Waals surface area contributed by atoms with Gasteiger partial charge in [0.05, 0.1) is 6.54 Å². The SMILES string of the molecule is CC/C=C\C/C=C\C/C=C\CCCCCCCC(=O)OC1[C@@H](COC(=O)CN(C)C)O[C@@H](OC(=O)CCCCCCC/C=C\C/C=C\C/C=C\CC)[C@H]1OC(=O)CCCCCCC/C=C\C/C=C\C/C=C\CC. The highest BCUT2D eigenvalue weighted by atomic mass is 16.8. The van der Waals surface area contributed by atoms with Crippen molar-refractivity contribution < 1.29 is 42.9 Å². The summed E-state index contributed by atoms with van der Waals surface area (Å²) in [5.41, 5.74) is 0. The van der Waals surface area contributed by atoms with Crippen molar-refractivity contribution in [2.45, 2.75) is 238 Å². The molecule has 10 heteroatoms. The van der Waals surface area contributed by atoms with Crippen LogP contribution in [0.5, 0.6) is 0 Å². The van der Waals surface area contributed by atoms with E-state index in [-0.39, 0.29) is 32.4 Å². The molecule has 0 aliphatic carbocycles. The van der Waals surface area contributed by atoms with Crippen LogP contribution in [0.1, 0.15) is 213 Å². The zero-order valence-corrected chi connectivity index (χ0v) is 46.5. The third kappa shape index (κ3) is 41.5. The Balaban J connectivity index is 2.83. The average molecular weight is 1020 g/mol. The fraction of sp³-hybridized carbons (Fsp3) is 0.651. The average Bonchev–Trinajstić information content (AvgIpc) is 3.67. The minimum absolute atomic E-state index is 0.0380. The van der Waals surface area contributed by atoms with Gasteiger partial charge in [0, 0.05) is 19.3 Å². The third-order valence-electron chi connectivity index (χ3n) is 12.0. The van der Waals surface area contributed by atoms with E-state index in [4.69, 9.17) is 23.7 Å². The first kappa shape index (κ1) is 66.5. The summed E-state index contributed by atoms with van der Waals surface area (Å²) in [6.07, 6.45) is 61.6. The van der Waals surface area contributed by atoms with Crippen LogP contribution in [0.2, 0.25) is 0 Å². The van der Waals surface area contributed by atoms with Crippen molar-refractivity contribution >= 4 is 23.9 Å². The van der Waals surface area contributed by atoms with Crippen LogP contribution in [0.15, 0.2) is 109 Å². The Morgan fingerprint density at radius 3 is 1.07 bits per heavy atom. The van der Waals surface area contributed by atoms with Crippen LogP contribution in [0.3, 0.4) is 0 Å². The summed E-state index contributed by atoms with van der Waals surface area (Å²) in [7, 11) is 3.51. The van der Waals surface area contributed by atoms with Gasteiger partial charge in [-0.2, -0.15) is 0 Å². The van der Waals surface area contributed by atoms with E-state index in [2.05, 4.69) is 130 Å². The Labute approximate surface area is 444 Å². The van der Waals surface area contributed by atoms with Gasteiger partial charge in [0.25, 0.3) is 0 Å². The van der Waals surface area contributed by atoms with Gasteiger partial charge >= 0.3 is 23.9 Å². The molecule has 1 aliphatic heterocycles. The van der Waals surface area contributed by atoms with Gasteiger partial charge in [-0.15, -0.1) is 0 Å². The first-order chi connectivity index (χ1) is 35.7. The number of hydrogen-bond donors (Lipinski definition) is 0. The van der Waals surface area contributed by atoms with Crippen molar-refractivity contribution in [2.24, 2.45) is 0 Å². The molecule has 0 aromatic carbocycles. The van der Waals surface area contributed by atoms with Crippen molar-refractivity contribution in [1.29, 1.82) is 0 Å². The second kappa shape index (κ2) is 49.7. The molecule has 1 aliphatic rings. The molecule has 0 saturated carbocycles. The van der Waals surface area contributed by atoms with E-state index in [1.807, 2.05) is 0 Å². The molecule has 0 aromatic heterocycles. The zero-order chi connectivity index (χ0) is 53.1. The highest BCUT2D eigenvalue weighted by Gasteiger charge is 2.52. The Morgan fingerprint density at radius 1 is 0.384 bits per heavy atom. The number of hydrogen-bond acceptors (Lipinski definition) is 10. The van der Waals surface area contributed by atoms with Gasteiger partial charge in [-0.3, -0.25) is 24.1 Å². The molecule has 0 radical (unpaired) electrons. The minimum atomic E-state index is -1.32. The molecular weight excluding hydrogens is 915 g/mol. The topological polar surface area (TPSA) is 118 Å². The number of rotatable bonds is 46. The fourth-order valence-corrected chi connectivity index (χ4v) is 7.94. The molecule has 10 nitrogen and oxygen atoms in total. The maximum atomic E-state index is 13.5. The zero-order valence-electron chi connectivity index (χ0n) is 46.5. The molecule has 1 fully saturated rings. The number of likely N-dealkylation sites (N-methyl/N-ethyl adjacent to an activating group) is 1. The summed E-state index contributed by atoms with van der Waals surface area (Å²) in [5.74, 6) is -1.94. The van der Waals surface area contributed by atoms with Crippen molar-refractivity contribution in [3.8, 4) is 0 Å². The van der Waals surface area contributed by atoms with Gasteiger partial charge in [0.15, 0.2) is 6.10 Å². The quantitative estimate of drug-likeness (QED) is 0.0252. The summed E-state index contributed by atoms with van der Waals surface area (Å²) in [6, 6.07) is 0. The third-order valence-corrected chi connectivity index (χ3v) is 12.0. The summed E-state index contributed by atoms with van der Waals surface area (Å²) < 4.78 is 29.6. The maximum Gasteiger partial charge on any atom is 0.320 e.